The molecule has 1 amide bonds. The van der Waals surface area contributed by atoms with Crippen LogP contribution in [0, 0.1) is 6.92 Å². The molecule has 116 valence electrons. The van der Waals surface area contributed by atoms with Gasteiger partial charge in [0.2, 0.25) is 5.91 Å². The molecule has 1 aromatic heterocycles. The van der Waals surface area contributed by atoms with Crippen molar-refractivity contribution in [3.8, 4) is 0 Å². The third kappa shape index (κ3) is 3.11. The van der Waals surface area contributed by atoms with E-state index in [-0.39, 0.29) is 11.9 Å². The normalized spacial score (nSPS) is 24.4. The lowest BCUT2D eigenvalue weighted by molar-refractivity contribution is -0.121. The van der Waals surface area contributed by atoms with Gasteiger partial charge in [0.25, 0.3) is 0 Å². The van der Waals surface area contributed by atoms with Crippen molar-refractivity contribution >= 4 is 11.6 Å². The van der Waals surface area contributed by atoms with Gasteiger partial charge in [0, 0.05) is 19.3 Å². The number of carbonyl (C=O) groups is 1. The number of hydrogen-bond donors (Lipinski definition) is 2. The number of aromatic nitrogens is 2. The molecule has 0 bridgehead atoms. The topological polar surface area (TPSA) is 62.2 Å². The molecule has 0 aliphatic carbocycles. The van der Waals surface area contributed by atoms with Gasteiger partial charge in [0.05, 0.1) is 17.4 Å². The molecule has 2 aliphatic heterocycles. The molecule has 1 aromatic rings. The third-order valence-corrected chi connectivity index (χ3v) is 4.65. The molecule has 6 heteroatoms. The highest BCUT2D eigenvalue weighted by atomic mass is 16.2. The molecule has 2 N–H and O–H groups in total. The Morgan fingerprint density at radius 2 is 2.14 bits per heavy atom. The molecule has 3 heterocycles. The second-order valence-electron chi connectivity index (χ2n) is 6.17. The van der Waals surface area contributed by atoms with Crippen LogP contribution >= 0.6 is 0 Å². The van der Waals surface area contributed by atoms with Crippen LogP contribution in [0.25, 0.3) is 0 Å². The molecule has 6 nitrogen and oxygen atoms in total. The third-order valence-electron chi connectivity index (χ3n) is 4.65. The summed E-state index contributed by atoms with van der Waals surface area (Å²) in [5.41, 5.74) is 1.71. The monoisotopic (exact) mass is 291 g/mol. The van der Waals surface area contributed by atoms with Crippen LogP contribution in [0.5, 0.6) is 0 Å². The van der Waals surface area contributed by atoms with E-state index in [1.165, 1.54) is 0 Å². The van der Waals surface area contributed by atoms with Gasteiger partial charge in [-0.05, 0) is 52.2 Å². The van der Waals surface area contributed by atoms with E-state index in [9.17, 15) is 4.79 Å². The zero-order chi connectivity index (χ0) is 14.8. The number of anilines is 1. The molecule has 2 fully saturated rings. The van der Waals surface area contributed by atoms with Crippen LogP contribution in [-0.4, -0.2) is 52.3 Å². The minimum absolute atomic E-state index is 0.0210. The number of rotatable bonds is 3. The van der Waals surface area contributed by atoms with E-state index >= 15 is 0 Å². The SMILES string of the molecule is Cc1nn(C)cc1NC(=O)[C@@H]1CCCN1C1CCNCC1. The summed E-state index contributed by atoms with van der Waals surface area (Å²) in [7, 11) is 1.87. The van der Waals surface area contributed by atoms with Crippen LogP contribution in [-0.2, 0) is 11.8 Å². The van der Waals surface area contributed by atoms with E-state index in [2.05, 4.69) is 20.6 Å². The lowest BCUT2D eigenvalue weighted by atomic mass is 10.0. The molecule has 0 unspecified atom stereocenters. The highest BCUT2D eigenvalue weighted by Gasteiger charge is 2.35. The van der Waals surface area contributed by atoms with Crippen molar-refractivity contribution in [2.24, 2.45) is 7.05 Å². The van der Waals surface area contributed by atoms with Crippen molar-refractivity contribution in [1.29, 1.82) is 0 Å². The molecule has 21 heavy (non-hydrogen) atoms. The van der Waals surface area contributed by atoms with Crippen molar-refractivity contribution in [1.82, 2.24) is 20.0 Å². The van der Waals surface area contributed by atoms with Crippen LogP contribution < -0.4 is 10.6 Å². The Labute approximate surface area is 125 Å². The van der Waals surface area contributed by atoms with Gasteiger partial charge in [-0.15, -0.1) is 0 Å². The molecular weight excluding hydrogens is 266 g/mol. The van der Waals surface area contributed by atoms with Crippen molar-refractivity contribution < 1.29 is 4.79 Å². The van der Waals surface area contributed by atoms with Gasteiger partial charge >= 0.3 is 0 Å². The number of nitrogens with one attached hydrogen (secondary N) is 2. The lowest BCUT2D eigenvalue weighted by Gasteiger charge is -2.35. The molecule has 1 atom stereocenters. The summed E-state index contributed by atoms with van der Waals surface area (Å²) in [5.74, 6) is 0.127. The molecule has 2 saturated heterocycles. The average molecular weight is 291 g/mol. The Morgan fingerprint density at radius 3 is 2.81 bits per heavy atom. The van der Waals surface area contributed by atoms with Crippen LogP contribution in [0.15, 0.2) is 6.20 Å². The van der Waals surface area contributed by atoms with Gasteiger partial charge in [-0.1, -0.05) is 0 Å². The lowest BCUT2D eigenvalue weighted by Crippen LogP contribution is -2.49. The summed E-state index contributed by atoms with van der Waals surface area (Å²) >= 11 is 0. The molecule has 3 rings (SSSR count). The maximum atomic E-state index is 12.6. The first-order chi connectivity index (χ1) is 10.1. The number of piperidine rings is 1. The van der Waals surface area contributed by atoms with E-state index < -0.39 is 0 Å². The van der Waals surface area contributed by atoms with E-state index in [0.29, 0.717) is 6.04 Å². The fourth-order valence-electron chi connectivity index (χ4n) is 3.58. The summed E-state index contributed by atoms with van der Waals surface area (Å²) in [4.78, 5) is 15.0. The maximum Gasteiger partial charge on any atom is 0.241 e. The molecule has 0 spiro atoms. The van der Waals surface area contributed by atoms with Crippen molar-refractivity contribution in [2.45, 2.75) is 44.7 Å². The Balaban J connectivity index is 1.66. The van der Waals surface area contributed by atoms with E-state index in [1.807, 2.05) is 20.2 Å². The molecule has 0 saturated carbocycles. The first kappa shape index (κ1) is 14.5. The van der Waals surface area contributed by atoms with E-state index in [1.54, 1.807) is 4.68 Å². The summed E-state index contributed by atoms with van der Waals surface area (Å²) in [6, 6.07) is 0.576. The number of amides is 1. The number of aryl methyl sites for hydroxylation is 2. The molecule has 0 aromatic carbocycles. The predicted molar refractivity (Wildman–Crippen MR) is 82.2 cm³/mol. The zero-order valence-corrected chi connectivity index (χ0v) is 12.9. The summed E-state index contributed by atoms with van der Waals surface area (Å²) in [5, 5.41) is 10.7. The van der Waals surface area contributed by atoms with E-state index in [4.69, 9.17) is 0 Å². The van der Waals surface area contributed by atoms with Crippen LogP contribution in [0.4, 0.5) is 5.69 Å². The fraction of sp³-hybridized carbons (Fsp3) is 0.733. The van der Waals surface area contributed by atoms with Gasteiger partial charge in [-0.25, -0.2) is 0 Å². The van der Waals surface area contributed by atoms with Crippen molar-refractivity contribution in [2.75, 3.05) is 25.0 Å². The summed E-state index contributed by atoms with van der Waals surface area (Å²) in [6.45, 7) is 5.11. The minimum Gasteiger partial charge on any atom is -0.322 e. The summed E-state index contributed by atoms with van der Waals surface area (Å²) in [6.07, 6.45) is 6.26. The quantitative estimate of drug-likeness (QED) is 0.868. The van der Waals surface area contributed by atoms with E-state index in [0.717, 1.165) is 56.7 Å². The van der Waals surface area contributed by atoms with Gasteiger partial charge in [-0.3, -0.25) is 14.4 Å². The van der Waals surface area contributed by atoms with Gasteiger partial charge in [-0.2, -0.15) is 5.10 Å². The largest absolute Gasteiger partial charge is 0.322 e. The fourth-order valence-corrected chi connectivity index (χ4v) is 3.58. The Morgan fingerprint density at radius 1 is 1.38 bits per heavy atom. The highest BCUT2D eigenvalue weighted by Crippen LogP contribution is 2.25. The predicted octanol–water partition coefficient (Wildman–Crippen LogP) is 0.883. The number of carbonyl (C=O) groups excluding carboxylic acids is 1. The van der Waals surface area contributed by atoms with Crippen LogP contribution in [0.3, 0.4) is 0 Å². The standard InChI is InChI=1S/C15H25N5O/c1-11-13(10-19(2)18-11)17-15(21)14-4-3-9-20(14)12-5-7-16-8-6-12/h10,12,14,16H,3-9H2,1-2H3,(H,17,21)/t14-/m0/s1. The molecule has 0 radical (unpaired) electrons. The minimum atomic E-state index is 0.0210. The second-order valence-corrected chi connectivity index (χ2v) is 6.17. The first-order valence-corrected chi connectivity index (χ1v) is 7.92. The summed E-state index contributed by atoms with van der Waals surface area (Å²) < 4.78 is 1.74. The second kappa shape index (κ2) is 6.15. The van der Waals surface area contributed by atoms with Crippen LogP contribution in [0.2, 0.25) is 0 Å². The Kier molecular flexibility index (Phi) is 4.26. The molecular formula is C15H25N5O. The average Bonchev–Trinajstić information content (AvgIpc) is 3.07. The Bertz CT molecular complexity index is 506. The van der Waals surface area contributed by atoms with Gasteiger partial charge in [0.15, 0.2) is 0 Å². The smallest absolute Gasteiger partial charge is 0.241 e. The van der Waals surface area contributed by atoms with Gasteiger partial charge < -0.3 is 10.6 Å². The number of likely N-dealkylation sites (tertiary alicyclic amines) is 1. The highest BCUT2D eigenvalue weighted by molar-refractivity contribution is 5.95. The van der Waals surface area contributed by atoms with Crippen LogP contribution in [0.1, 0.15) is 31.4 Å². The zero-order valence-electron chi connectivity index (χ0n) is 12.9. The van der Waals surface area contributed by atoms with Crippen molar-refractivity contribution in [3.63, 3.8) is 0 Å². The maximum absolute atomic E-state index is 12.6. The number of hydrogen-bond acceptors (Lipinski definition) is 4. The number of nitrogens with zero attached hydrogens (tertiary/aromatic N) is 3. The first-order valence-electron chi connectivity index (χ1n) is 7.92. The molecule has 2 aliphatic rings. The van der Waals surface area contributed by atoms with Gasteiger partial charge in [0.1, 0.15) is 0 Å². The Hall–Kier alpha value is -1.40. The van der Waals surface area contributed by atoms with Crippen molar-refractivity contribution in [3.05, 3.63) is 11.9 Å².